The Balaban J connectivity index is 2.12. The molecule has 1 fully saturated rings. The molecule has 0 aromatic rings. The fourth-order valence-corrected chi connectivity index (χ4v) is 2.29. The molecule has 0 radical (unpaired) electrons. The minimum absolute atomic E-state index is 0.162. The molecule has 0 aromatic heterocycles. The Morgan fingerprint density at radius 1 is 1.40 bits per heavy atom. The van der Waals surface area contributed by atoms with Gasteiger partial charge in [-0.2, -0.15) is 0 Å². The van der Waals surface area contributed by atoms with Crippen LogP contribution in [0.3, 0.4) is 0 Å². The quantitative estimate of drug-likeness (QED) is 0.694. The molecule has 0 aromatic carbocycles. The lowest BCUT2D eigenvalue weighted by Gasteiger charge is -2.33. The lowest BCUT2D eigenvalue weighted by atomic mass is 9.89. The van der Waals surface area contributed by atoms with Crippen molar-refractivity contribution in [2.45, 2.75) is 33.3 Å². The normalized spacial score (nSPS) is 30.4. The maximum atomic E-state index is 5.71. The molecular weight excluding hydrogens is 188 g/mol. The summed E-state index contributed by atoms with van der Waals surface area (Å²) in [6.07, 6.45) is 5.78. The summed E-state index contributed by atoms with van der Waals surface area (Å²) >= 11 is 0. The van der Waals surface area contributed by atoms with Crippen molar-refractivity contribution >= 4 is 0 Å². The van der Waals surface area contributed by atoms with E-state index >= 15 is 0 Å². The first-order valence-corrected chi connectivity index (χ1v) is 5.83. The van der Waals surface area contributed by atoms with Crippen LogP contribution in [-0.2, 0) is 9.47 Å². The topological polar surface area (TPSA) is 18.5 Å². The molecule has 2 atom stereocenters. The summed E-state index contributed by atoms with van der Waals surface area (Å²) in [4.78, 5) is 0. The van der Waals surface area contributed by atoms with Gasteiger partial charge in [0.25, 0.3) is 0 Å². The van der Waals surface area contributed by atoms with Crippen LogP contribution in [0.25, 0.3) is 0 Å². The number of fused-ring (bicyclic) bond motifs is 1. The molecule has 2 heteroatoms. The largest absolute Gasteiger partial charge is 0.493 e. The number of ether oxygens (including phenoxy) is 2. The van der Waals surface area contributed by atoms with Crippen LogP contribution in [-0.4, -0.2) is 19.3 Å². The van der Waals surface area contributed by atoms with Gasteiger partial charge in [0.05, 0.1) is 6.61 Å². The zero-order chi connectivity index (χ0) is 10.8. The molecule has 0 N–H and O–H groups in total. The SMILES string of the molecule is CC(C)CC1=CC(C)C2OCCOC2=C1. The molecule has 1 heterocycles. The standard InChI is InChI=1S/C13H20O2/c1-9(2)6-11-7-10(3)13-12(8-11)14-4-5-15-13/h7-10,13H,4-6H2,1-3H3. The van der Waals surface area contributed by atoms with Crippen molar-refractivity contribution in [3.05, 3.63) is 23.5 Å². The van der Waals surface area contributed by atoms with Gasteiger partial charge in [-0.15, -0.1) is 0 Å². The predicted octanol–water partition coefficient (Wildman–Crippen LogP) is 2.91. The Kier molecular flexibility index (Phi) is 3.15. The highest BCUT2D eigenvalue weighted by Gasteiger charge is 2.29. The van der Waals surface area contributed by atoms with E-state index in [1.165, 1.54) is 5.57 Å². The van der Waals surface area contributed by atoms with E-state index in [0.717, 1.165) is 18.8 Å². The Morgan fingerprint density at radius 3 is 2.93 bits per heavy atom. The van der Waals surface area contributed by atoms with Crippen LogP contribution in [0.2, 0.25) is 0 Å². The number of hydrogen-bond acceptors (Lipinski definition) is 2. The average molecular weight is 208 g/mol. The van der Waals surface area contributed by atoms with Gasteiger partial charge >= 0.3 is 0 Å². The van der Waals surface area contributed by atoms with Gasteiger partial charge in [-0.3, -0.25) is 0 Å². The lowest BCUT2D eigenvalue weighted by Crippen LogP contribution is -2.33. The van der Waals surface area contributed by atoms with Crippen molar-refractivity contribution in [1.82, 2.24) is 0 Å². The molecule has 15 heavy (non-hydrogen) atoms. The summed E-state index contributed by atoms with van der Waals surface area (Å²) in [5.41, 5.74) is 1.40. The summed E-state index contributed by atoms with van der Waals surface area (Å²) in [6.45, 7) is 8.11. The zero-order valence-corrected chi connectivity index (χ0v) is 9.82. The smallest absolute Gasteiger partial charge is 0.126 e. The fourth-order valence-electron chi connectivity index (χ4n) is 2.29. The summed E-state index contributed by atoms with van der Waals surface area (Å²) in [5.74, 6) is 2.17. The Labute approximate surface area is 92.0 Å². The van der Waals surface area contributed by atoms with Gasteiger partial charge in [-0.1, -0.05) is 26.8 Å². The molecule has 0 amide bonds. The first kappa shape index (κ1) is 10.7. The van der Waals surface area contributed by atoms with Crippen molar-refractivity contribution < 1.29 is 9.47 Å². The minimum atomic E-state index is 0.162. The van der Waals surface area contributed by atoms with E-state index in [0.29, 0.717) is 18.4 Å². The third kappa shape index (κ3) is 2.43. The van der Waals surface area contributed by atoms with E-state index < -0.39 is 0 Å². The first-order chi connectivity index (χ1) is 7.16. The van der Waals surface area contributed by atoms with Crippen LogP contribution < -0.4 is 0 Å². The van der Waals surface area contributed by atoms with Crippen molar-refractivity contribution in [3.8, 4) is 0 Å². The van der Waals surface area contributed by atoms with E-state index in [1.807, 2.05) is 0 Å². The van der Waals surface area contributed by atoms with Crippen LogP contribution in [0.1, 0.15) is 27.2 Å². The van der Waals surface area contributed by atoms with Gasteiger partial charge in [0.2, 0.25) is 0 Å². The molecule has 2 nitrogen and oxygen atoms in total. The minimum Gasteiger partial charge on any atom is -0.493 e. The summed E-state index contributed by atoms with van der Waals surface area (Å²) < 4.78 is 11.4. The van der Waals surface area contributed by atoms with Gasteiger partial charge < -0.3 is 9.47 Å². The molecule has 1 saturated heterocycles. The molecule has 1 aliphatic heterocycles. The van der Waals surface area contributed by atoms with E-state index in [-0.39, 0.29) is 6.10 Å². The number of allylic oxidation sites excluding steroid dienone is 2. The van der Waals surface area contributed by atoms with Crippen molar-refractivity contribution in [2.75, 3.05) is 13.2 Å². The number of hydrogen-bond donors (Lipinski definition) is 0. The number of rotatable bonds is 2. The maximum Gasteiger partial charge on any atom is 0.126 e. The van der Waals surface area contributed by atoms with Gasteiger partial charge in [-0.25, -0.2) is 0 Å². The average Bonchev–Trinajstić information content (AvgIpc) is 2.16. The van der Waals surface area contributed by atoms with Gasteiger partial charge in [0, 0.05) is 5.92 Å². The van der Waals surface area contributed by atoms with Gasteiger partial charge in [-0.05, 0) is 24.0 Å². The zero-order valence-electron chi connectivity index (χ0n) is 9.82. The molecule has 1 aliphatic carbocycles. The summed E-state index contributed by atoms with van der Waals surface area (Å²) in [6, 6.07) is 0. The van der Waals surface area contributed by atoms with E-state index in [2.05, 4.69) is 32.9 Å². The highest BCUT2D eigenvalue weighted by molar-refractivity contribution is 5.30. The van der Waals surface area contributed by atoms with E-state index in [1.54, 1.807) is 0 Å². The second-order valence-corrected chi connectivity index (χ2v) is 4.89. The maximum absolute atomic E-state index is 5.71. The van der Waals surface area contributed by atoms with Crippen LogP contribution in [0, 0.1) is 11.8 Å². The molecule has 2 aliphatic rings. The second-order valence-electron chi connectivity index (χ2n) is 4.89. The first-order valence-electron chi connectivity index (χ1n) is 5.83. The molecule has 0 bridgehead atoms. The third-order valence-electron chi connectivity index (χ3n) is 2.86. The lowest BCUT2D eigenvalue weighted by molar-refractivity contribution is -0.0579. The second kappa shape index (κ2) is 4.40. The van der Waals surface area contributed by atoms with Gasteiger partial charge in [0.1, 0.15) is 18.5 Å². The van der Waals surface area contributed by atoms with Crippen LogP contribution in [0.15, 0.2) is 23.5 Å². The van der Waals surface area contributed by atoms with Crippen molar-refractivity contribution in [3.63, 3.8) is 0 Å². The molecule has 2 rings (SSSR count). The molecule has 0 saturated carbocycles. The predicted molar refractivity (Wildman–Crippen MR) is 60.5 cm³/mol. The summed E-state index contributed by atoms with van der Waals surface area (Å²) in [5, 5.41) is 0. The Bertz CT molecular complexity index is 289. The summed E-state index contributed by atoms with van der Waals surface area (Å²) in [7, 11) is 0. The van der Waals surface area contributed by atoms with Crippen LogP contribution in [0.4, 0.5) is 0 Å². The van der Waals surface area contributed by atoms with E-state index in [9.17, 15) is 0 Å². The Hall–Kier alpha value is -0.760. The van der Waals surface area contributed by atoms with Crippen LogP contribution in [0.5, 0.6) is 0 Å². The third-order valence-corrected chi connectivity index (χ3v) is 2.86. The highest BCUT2D eigenvalue weighted by Crippen LogP contribution is 2.31. The highest BCUT2D eigenvalue weighted by atomic mass is 16.6. The van der Waals surface area contributed by atoms with Crippen LogP contribution >= 0.6 is 0 Å². The van der Waals surface area contributed by atoms with E-state index in [4.69, 9.17) is 9.47 Å². The fraction of sp³-hybridized carbons (Fsp3) is 0.692. The Morgan fingerprint density at radius 2 is 2.20 bits per heavy atom. The van der Waals surface area contributed by atoms with Crippen molar-refractivity contribution in [1.29, 1.82) is 0 Å². The molecule has 84 valence electrons. The van der Waals surface area contributed by atoms with Gasteiger partial charge in [0.15, 0.2) is 0 Å². The monoisotopic (exact) mass is 208 g/mol. The molecular formula is C13H20O2. The molecule has 2 unspecified atom stereocenters. The van der Waals surface area contributed by atoms with Crippen molar-refractivity contribution in [2.24, 2.45) is 11.8 Å². The molecule has 0 spiro atoms.